The van der Waals surface area contributed by atoms with Crippen LogP contribution >= 0.6 is 0 Å². The van der Waals surface area contributed by atoms with E-state index < -0.39 is 0 Å². The maximum absolute atomic E-state index is 5.00. The molecule has 82 valence electrons. The topological polar surface area (TPSA) is 59.9 Å². The average molecular weight is 216 g/mol. The minimum atomic E-state index is 0.582. The Balaban J connectivity index is 2.42. The van der Waals surface area contributed by atoms with Crippen LogP contribution in [0.15, 0.2) is 30.7 Å². The first kappa shape index (κ1) is 10.4. The summed E-state index contributed by atoms with van der Waals surface area (Å²) in [6, 6.07) is 3.69. The molecule has 0 amide bonds. The van der Waals surface area contributed by atoms with Gasteiger partial charge in [0.15, 0.2) is 5.82 Å². The van der Waals surface area contributed by atoms with Crippen LogP contribution in [0, 0.1) is 0 Å². The van der Waals surface area contributed by atoms with E-state index in [-0.39, 0.29) is 0 Å². The Morgan fingerprint density at radius 3 is 2.56 bits per heavy atom. The van der Waals surface area contributed by atoms with Crippen LogP contribution in [0.1, 0.15) is 0 Å². The lowest BCUT2D eigenvalue weighted by Crippen LogP contribution is -1.97. The van der Waals surface area contributed by atoms with Gasteiger partial charge in [-0.1, -0.05) is 0 Å². The number of methoxy groups -OCH3 is 1. The van der Waals surface area contributed by atoms with Crippen molar-refractivity contribution < 1.29 is 4.74 Å². The Kier molecular flexibility index (Phi) is 2.95. The molecule has 1 N–H and O–H groups in total. The molecule has 0 spiro atoms. The van der Waals surface area contributed by atoms with Gasteiger partial charge in [-0.15, -0.1) is 0 Å². The van der Waals surface area contributed by atoms with Crippen LogP contribution in [0.4, 0.5) is 5.82 Å². The molecular weight excluding hydrogens is 204 g/mol. The van der Waals surface area contributed by atoms with Crippen molar-refractivity contribution >= 4 is 5.82 Å². The molecule has 0 aliphatic carbocycles. The highest BCUT2D eigenvalue weighted by atomic mass is 16.5. The molecule has 2 aromatic rings. The molecular formula is C11H12N4O. The highest BCUT2D eigenvalue weighted by molar-refractivity contribution is 5.70. The van der Waals surface area contributed by atoms with Crippen LogP contribution < -0.4 is 10.1 Å². The first-order valence-corrected chi connectivity index (χ1v) is 4.84. The van der Waals surface area contributed by atoms with Crippen LogP contribution in [0.3, 0.4) is 0 Å². The molecule has 2 heterocycles. The first-order valence-electron chi connectivity index (χ1n) is 4.84. The molecule has 5 nitrogen and oxygen atoms in total. The third-order valence-electron chi connectivity index (χ3n) is 2.15. The van der Waals surface area contributed by atoms with E-state index in [1.165, 1.54) is 0 Å². The normalized spacial score (nSPS) is 9.88. The molecule has 0 atom stereocenters. The molecule has 0 unspecified atom stereocenters. The van der Waals surface area contributed by atoms with Gasteiger partial charge in [-0.2, -0.15) is 0 Å². The summed E-state index contributed by atoms with van der Waals surface area (Å²) < 4.78 is 5.00. The highest BCUT2D eigenvalue weighted by Gasteiger charge is 2.06. The van der Waals surface area contributed by atoms with Crippen molar-refractivity contribution in [1.29, 1.82) is 0 Å². The summed E-state index contributed by atoms with van der Waals surface area (Å²) in [5, 5.41) is 2.99. The van der Waals surface area contributed by atoms with E-state index in [9.17, 15) is 0 Å². The molecule has 0 saturated carbocycles. The number of nitrogens with one attached hydrogen (secondary N) is 1. The van der Waals surface area contributed by atoms with Gasteiger partial charge in [0.25, 0.3) is 0 Å². The fraction of sp³-hybridized carbons (Fsp3) is 0.182. The van der Waals surface area contributed by atoms with Crippen LogP contribution in [0.5, 0.6) is 5.88 Å². The molecule has 0 bridgehead atoms. The second-order valence-corrected chi connectivity index (χ2v) is 3.09. The largest absolute Gasteiger partial charge is 0.481 e. The van der Waals surface area contributed by atoms with E-state index in [0.717, 1.165) is 17.1 Å². The van der Waals surface area contributed by atoms with Gasteiger partial charge in [0.05, 0.1) is 7.11 Å². The van der Waals surface area contributed by atoms with E-state index in [1.54, 1.807) is 31.8 Å². The number of ether oxygens (including phenoxy) is 1. The first-order chi connectivity index (χ1) is 7.85. The molecule has 16 heavy (non-hydrogen) atoms. The Morgan fingerprint density at radius 2 is 1.94 bits per heavy atom. The van der Waals surface area contributed by atoms with Crippen molar-refractivity contribution in [1.82, 2.24) is 15.0 Å². The van der Waals surface area contributed by atoms with E-state index >= 15 is 0 Å². The van der Waals surface area contributed by atoms with Gasteiger partial charge in [-0.25, -0.2) is 9.97 Å². The molecule has 2 rings (SSSR count). The zero-order chi connectivity index (χ0) is 11.4. The predicted octanol–water partition coefficient (Wildman–Crippen LogP) is 1.59. The summed E-state index contributed by atoms with van der Waals surface area (Å²) in [7, 11) is 3.40. The summed E-state index contributed by atoms with van der Waals surface area (Å²) in [5.41, 5.74) is 1.68. The summed E-state index contributed by atoms with van der Waals surface area (Å²) >= 11 is 0. The number of pyridine rings is 1. The smallest absolute Gasteiger partial charge is 0.212 e. The summed E-state index contributed by atoms with van der Waals surface area (Å²) in [4.78, 5) is 12.6. The number of hydrogen-bond acceptors (Lipinski definition) is 5. The standard InChI is InChI=1S/C11H12N4O/c1-12-11-10(13-5-6-14-11)8-3-4-9(16-2)15-7-8/h3-7H,1-2H3,(H,12,14). The second-order valence-electron chi connectivity index (χ2n) is 3.09. The van der Waals surface area contributed by atoms with Gasteiger partial charge in [0.2, 0.25) is 5.88 Å². The Morgan fingerprint density at radius 1 is 1.12 bits per heavy atom. The number of hydrogen-bond donors (Lipinski definition) is 1. The Labute approximate surface area is 93.5 Å². The Hall–Kier alpha value is -2.17. The third-order valence-corrected chi connectivity index (χ3v) is 2.15. The van der Waals surface area contributed by atoms with Crippen molar-refractivity contribution in [2.24, 2.45) is 0 Å². The van der Waals surface area contributed by atoms with Crippen molar-refractivity contribution in [3.63, 3.8) is 0 Å². The van der Waals surface area contributed by atoms with E-state index in [0.29, 0.717) is 5.88 Å². The van der Waals surface area contributed by atoms with Crippen molar-refractivity contribution in [3.8, 4) is 17.1 Å². The van der Waals surface area contributed by atoms with Gasteiger partial charge < -0.3 is 10.1 Å². The quantitative estimate of drug-likeness (QED) is 0.844. The number of aromatic nitrogens is 3. The molecule has 0 aliphatic heterocycles. The molecule has 0 aromatic carbocycles. The second kappa shape index (κ2) is 4.57. The minimum Gasteiger partial charge on any atom is -0.481 e. The molecule has 0 aliphatic rings. The van der Waals surface area contributed by atoms with Crippen molar-refractivity contribution in [2.75, 3.05) is 19.5 Å². The number of rotatable bonds is 3. The van der Waals surface area contributed by atoms with Crippen molar-refractivity contribution in [2.45, 2.75) is 0 Å². The molecule has 2 aromatic heterocycles. The Bertz CT molecular complexity index is 470. The fourth-order valence-corrected chi connectivity index (χ4v) is 1.37. The maximum atomic E-state index is 5.00. The fourth-order valence-electron chi connectivity index (χ4n) is 1.37. The van der Waals surface area contributed by atoms with E-state index in [1.807, 2.05) is 13.1 Å². The summed E-state index contributed by atoms with van der Waals surface area (Å²) in [5.74, 6) is 1.31. The van der Waals surface area contributed by atoms with Crippen molar-refractivity contribution in [3.05, 3.63) is 30.7 Å². The molecule has 0 saturated heterocycles. The lowest BCUT2D eigenvalue weighted by atomic mass is 10.2. The molecule has 0 radical (unpaired) electrons. The van der Waals surface area contributed by atoms with Crippen LogP contribution in [-0.4, -0.2) is 29.1 Å². The zero-order valence-corrected chi connectivity index (χ0v) is 9.14. The maximum Gasteiger partial charge on any atom is 0.212 e. The lowest BCUT2D eigenvalue weighted by Gasteiger charge is -2.06. The number of nitrogens with zero attached hydrogens (tertiary/aromatic N) is 3. The van der Waals surface area contributed by atoms with Gasteiger partial charge in [-0.05, 0) is 6.07 Å². The van der Waals surface area contributed by atoms with Gasteiger partial charge >= 0.3 is 0 Å². The van der Waals surface area contributed by atoms with Gasteiger partial charge in [0.1, 0.15) is 5.69 Å². The minimum absolute atomic E-state index is 0.582. The lowest BCUT2D eigenvalue weighted by molar-refractivity contribution is 0.398. The summed E-state index contributed by atoms with van der Waals surface area (Å²) in [6.45, 7) is 0. The van der Waals surface area contributed by atoms with Crippen LogP contribution in [0.25, 0.3) is 11.3 Å². The van der Waals surface area contributed by atoms with Crippen LogP contribution in [0.2, 0.25) is 0 Å². The van der Waals surface area contributed by atoms with Gasteiger partial charge in [0, 0.05) is 37.3 Å². The highest BCUT2D eigenvalue weighted by Crippen LogP contribution is 2.23. The average Bonchev–Trinajstić information content (AvgIpc) is 2.39. The van der Waals surface area contributed by atoms with Gasteiger partial charge in [-0.3, -0.25) is 4.98 Å². The molecule has 0 fully saturated rings. The predicted molar refractivity (Wildman–Crippen MR) is 61.4 cm³/mol. The SMILES string of the molecule is CNc1nccnc1-c1ccc(OC)nc1. The molecule has 5 heteroatoms. The monoisotopic (exact) mass is 216 g/mol. The van der Waals surface area contributed by atoms with E-state index in [2.05, 4.69) is 20.3 Å². The van der Waals surface area contributed by atoms with Crippen LogP contribution in [-0.2, 0) is 0 Å². The number of anilines is 1. The third kappa shape index (κ3) is 1.93. The summed E-state index contributed by atoms with van der Waals surface area (Å²) in [6.07, 6.45) is 5.01. The zero-order valence-electron chi connectivity index (χ0n) is 9.14. The van der Waals surface area contributed by atoms with E-state index in [4.69, 9.17) is 4.74 Å².